The van der Waals surface area contributed by atoms with Gasteiger partial charge in [0.15, 0.2) is 10.6 Å². The van der Waals surface area contributed by atoms with Crippen molar-refractivity contribution in [1.29, 1.82) is 0 Å². The molecule has 1 saturated heterocycles. The minimum absolute atomic E-state index is 0.114. The molecule has 0 radical (unpaired) electrons. The molecule has 0 spiro atoms. The molecule has 5 nitrogen and oxygen atoms in total. The highest BCUT2D eigenvalue weighted by molar-refractivity contribution is 7.71. The van der Waals surface area contributed by atoms with E-state index in [0.717, 1.165) is 42.3 Å². The third kappa shape index (κ3) is 5.62. The van der Waals surface area contributed by atoms with E-state index in [1.165, 1.54) is 11.1 Å². The molecule has 0 N–H and O–H groups in total. The Labute approximate surface area is 202 Å². The van der Waals surface area contributed by atoms with Crippen molar-refractivity contribution >= 4 is 12.2 Å². The zero-order valence-electron chi connectivity index (χ0n) is 19.9. The van der Waals surface area contributed by atoms with Crippen LogP contribution < -0.4 is 0 Å². The van der Waals surface area contributed by atoms with Crippen molar-refractivity contribution in [3.05, 3.63) is 70.5 Å². The standard InChI is InChI=1S/C27H33N5S/c1-5-15-29-16-18-30(19-17-29)21-32-26(33)31(20-22-9-7-6-8-10-22)25(28-32)23-11-13-24(14-12-23)27(2,3)4/h1,6-14H,15-21H2,2-4H3. The minimum Gasteiger partial charge on any atom is -0.295 e. The molecule has 0 aliphatic carbocycles. The van der Waals surface area contributed by atoms with Crippen LogP contribution in [0.25, 0.3) is 11.4 Å². The first-order chi connectivity index (χ1) is 15.8. The highest BCUT2D eigenvalue weighted by atomic mass is 32.1. The predicted molar refractivity (Wildman–Crippen MR) is 138 cm³/mol. The van der Waals surface area contributed by atoms with Gasteiger partial charge in [0.2, 0.25) is 0 Å². The van der Waals surface area contributed by atoms with E-state index in [0.29, 0.717) is 19.8 Å². The molecule has 2 aromatic carbocycles. The average molecular weight is 460 g/mol. The molecule has 4 rings (SSSR count). The van der Waals surface area contributed by atoms with Gasteiger partial charge in [-0.3, -0.25) is 14.4 Å². The molecule has 3 aromatic rings. The van der Waals surface area contributed by atoms with E-state index < -0.39 is 0 Å². The Morgan fingerprint density at radius 2 is 1.58 bits per heavy atom. The van der Waals surface area contributed by atoms with E-state index in [-0.39, 0.29) is 5.41 Å². The van der Waals surface area contributed by atoms with Crippen molar-refractivity contribution in [2.75, 3.05) is 32.7 Å². The van der Waals surface area contributed by atoms with Crippen LogP contribution in [0.1, 0.15) is 31.9 Å². The molecular formula is C27H33N5S. The average Bonchev–Trinajstić information content (AvgIpc) is 3.10. The van der Waals surface area contributed by atoms with E-state index in [2.05, 4.69) is 89.6 Å². The summed E-state index contributed by atoms with van der Waals surface area (Å²) in [4.78, 5) is 4.71. The monoisotopic (exact) mass is 459 g/mol. The summed E-state index contributed by atoms with van der Waals surface area (Å²) in [5.74, 6) is 3.66. The zero-order valence-corrected chi connectivity index (χ0v) is 20.7. The minimum atomic E-state index is 0.114. The van der Waals surface area contributed by atoms with Gasteiger partial charge in [0.25, 0.3) is 0 Å². The third-order valence-electron chi connectivity index (χ3n) is 6.23. The fraction of sp³-hybridized carbons (Fsp3) is 0.407. The van der Waals surface area contributed by atoms with Crippen molar-refractivity contribution < 1.29 is 0 Å². The van der Waals surface area contributed by atoms with Crippen LogP contribution in [-0.4, -0.2) is 56.9 Å². The lowest BCUT2D eigenvalue weighted by molar-refractivity contribution is 0.111. The van der Waals surface area contributed by atoms with E-state index in [1.54, 1.807) is 0 Å². The Bertz CT molecular complexity index is 1150. The van der Waals surface area contributed by atoms with Crippen molar-refractivity contribution in [1.82, 2.24) is 24.1 Å². The number of aromatic nitrogens is 3. The highest BCUT2D eigenvalue weighted by Crippen LogP contribution is 2.26. The summed E-state index contributed by atoms with van der Waals surface area (Å²) < 4.78 is 4.88. The second kappa shape index (κ2) is 10.0. The third-order valence-corrected chi connectivity index (χ3v) is 6.66. The number of piperazine rings is 1. The highest BCUT2D eigenvalue weighted by Gasteiger charge is 2.20. The van der Waals surface area contributed by atoms with E-state index in [9.17, 15) is 0 Å². The second-order valence-electron chi connectivity index (χ2n) is 9.74. The van der Waals surface area contributed by atoms with Crippen LogP contribution in [0.3, 0.4) is 0 Å². The fourth-order valence-electron chi connectivity index (χ4n) is 4.18. The van der Waals surface area contributed by atoms with Crippen molar-refractivity contribution in [2.45, 2.75) is 39.4 Å². The summed E-state index contributed by atoms with van der Waals surface area (Å²) in [6.45, 7) is 12.7. The van der Waals surface area contributed by atoms with E-state index in [1.807, 2.05) is 10.7 Å². The van der Waals surface area contributed by atoms with Gasteiger partial charge >= 0.3 is 0 Å². The smallest absolute Gasteiger partial charge is 0.199 e. The Morgan fingerprint density at radius 1 is 0.939 bits per heavy atom. The summed E-state index contributed by atoms with van der Waals surface area (Å²) in [6, 6.07) is 19.2. The van der Waals surface area contributed by atoms with Crippen LogP contribution in [0.2, 0.25) is 0 Å². The lowest BCUT2D eigenvalue weighted by Crippen LogP contribution is -2.46. The molecule has 0 amide bonds. The van der Waals surface area contributed by atoms with Crippen LogP contribution in [-0.2, 0) is 18.6 Å². The molecule has 1 fully saturated rings. The number of hydrogen-bond acceptors (Lipinski definition) is 4. The number of rotatable bonds is 6. The van der Waals surface area contributed by atoms with Gasteiger partial charge in [-0.1, -0.05) is 81.3 Å². The summed E-state index contributed by atoms with van der Waals surface area (Å²) >= 11 is 5.93. The van der Waals surface area contributed by atoms with Gasteiger partial charge in [-0.15, -0.1) is 6.42 Å². The molecule has 0 saturated carbocycles. The normalized spacial score (nSPS) is 15.5. The lowest BCUT2D eigenvalue weighted by atomic mass is 9.87. The van der Waals surface area contributed by atoms with Crippen LogP contribution >= 0.6 is 12.2 Å². The summed E-state index contributed by atoms with van der Waals surface area (Å²) in [5.41, 5.74) is 3.72. The SMILES string of the molecule is C#CCN1CCN(Cn2nc(-c3ccc(C(C)(C)C)cc3)n(Cc3ccccc3)c2=S)CC1. The molecule has 1 aliphatic heterocycles. The fourth-order valence-corrected chi connectivity index (χ4v) is 4.43. The largest absolute Gasteiger partial charge is 0.295 e. The molecule has 2 heterocycles. The van der Waals surface area contributed by atoms with Crippen molar-refractivity contribution in [2.24, 2.45) is 0 Å². The Morgan fingerprint density at radius 3 is 2.18 bits per heavy atom. The van der Waals surface area contributed by atoms with Gasteiger partial charge in [-0.25, -0.2) is 4.68 Å². The first kappa shape index (κ1) is 23.4. The molecule has 172 valence electrons. The van der Waals surface area contributed by atoms with Gasteiger partial charge in [-0.05, 0) is 28.8 Å². The van der Waals surface area contributed by atoms with Gasteiger partial charge in [-0.2, -0.15) is 5.10 Å². The van der Waals surface area contributed by atoms with Crippen LogP contribution in [0.4, 0.5) is 0 Å². The molecule has 6 heteroatoms. The molecule has 0 atom stereocenters. The summed E-state index contributed by atoms with van der Waals surface area (Å²) in [7, 11) is 0. The second-order valence-corrected chi connectivity index (χ2v) is 10.1. The summed E-state index contributed by atoms with van der Waals surface area (Å²) in [6.07, 6.45) is 5.47. The van der Waals surface area contributed by atoms with Crippen LogP contribution in [0.5, 0.6) is 0 Å². The first-order valence-corrected chi connectivity index (χ1v) is 12.0. The predicted octanol–water partition coefficient (Wildman–Crippen LogP) is 4.64. The van der Waals surface area contributed by atoms with Crippen molar-refractivity contribution in [3.63, 3.8) is 0 Å². The van der Waals surface area contributed by atoms with Crippen LogP contribution in [0.15, 0.2) is 54.6 Å². The number of benzene rings is 2. The van der Waals surface area contributed by atoms with E-state index in [4.69, 9.17) is 23.7 Å². The van der Waals surface area contributed by atoms with Crippen molar-refractivity contribution in [3.8, 4) is 23.7 Å². The molecule has 33 heavy (non-hydrogen) atoms. The van der Waals surface area contributed by atoms with Crippen LogP contribution in [0, 0.1) is 17.1 Å². The first-order valence-electron chi connectivity index (χ1n) is 11.6. The van der Waals surface area contributed by atoms with Gasteiger partial charge in [0.1, 0.15) is 0 Å². The van der Waals surface area contributed by atoms with E-state index >= 15 is 0 Å². The Kier molecular flexibility index (Phi) is 7.14. The number of terminal acetylenes is 1. The molecule has 0 bridgehead atoms. The zero-order chi connectivity index (χ0) is 23.4. The topological polar surface area (TPSA) is 29.2 Å². The Balaban J connectivity index is 1.63. The van der Waals surface area contributed by atoms with Gasteiger partial charge in [0, 0.05) is 31.7 Å². The molecule has 1 aromatic heterocycles. The molecular weight excluding hydrogens is 426 g/mol. The maximum Gasteiger partial charge on any atom is 0.199 e. The Hall–Kier alpha value is -2.72. The molecule has 1 aliphatic rings. The quantitative estimate of drug-likeness (QED) is 0.397. The van der Waals surface area contributed by atoms with Gasteiger partial charge < -0.3 is 0 Å². The summed E-state index contributed by atoms with van der Waals surface area (Å²) in [5, 5.41) is 5.01. The maximum absolute atomic E-state index is 5.93. The molecule has 0 unspecified atom stereocenters. The lowest BCUT2D eigenvalue weighted by Gasteiger charge is -2.33. The number of hydrogen-bond donors (Lipinski definition) is 0. The van der Waals surface area contributed by atoms with Gasteiger partial charge in [0.05, 0.1) is 19.8 Å². The maximum atomic E-state index is 5.93. The number of nitrogens with zero attached hydrogens (tertiary/aromatic N) is 5.